The molecule has 0 spiro atoms. The Kier molecular flexibility index (Phi) is 6.16. The minimum atomic E-state index is -0.329. The summed E-state index contributed by atoms with van der Waals surface area (Å²) in [6, 6.07) is 15.3. The number of carbonyl (C=O) groups is 1. The van der Waals surface area contributed by atoms with Gasteiger partial charge in [-0.2, -0.15) is 15.3 Å². The molecule has 0 aliphatic heterocycles. The van der Waals surface area contributed by atoms with Gasteiger partial charge in [-0.1, -0.05) is 26.8 Å². The Hall–Kier alpha value is -4.60. The Labute approximate surface area is 214 Å². The lowest BCUT2D eigenvalue weighted by molar-refractivity contribution is 0.262. The van der Waals surface area contributed by atoms with Crippen LogP contribution in [-0.4, -0.2) is 36.2 Å². The molecule has 3 heterocycles. The SMILES string of the molecule is CC(C)n1nc(C(C)(C)C)cc1NC(=O)Nc1cccc(Nc2ccc3c(-c4cn[nH]c4)n[nH]c3c2)c1. The second-order valence-corrected chi connectivity index (χ2v) is 10.3. The van der Waals surface area contributed by atoms with Crippen LogP contribution in [-0.2, 0) is 5.41 Å². The Morgan fingerprint density at radius 2 is 1.78 bits per heavy atom. The maximum absolute atomic E-state index is 12.8. The zero-order chi connectivity index (χ0) is 26.2. The van der Waals surface area contributed by atoms with Gasteiger partial charge in [-0.25, -0.2) is 9.48 Å². The number of aromatic amines is 2. The fraction of sp³-hybridized carbons (Fsp3) is 0.259. The number of anilines is 4. The van der Waals surface area contributed by atoms with E-state index in [1.54, 1.807) is 6.20 Å². The lowest BCUT2D eigenvalue weighted by Gasteiger charge is -2.14. The van der Waals surface area contributed by atoms with Crippen LogP contribution in [0.3, 0.4) is 0 Å². The van der Waals surface area contributed by atoms with Crippen LogP contribution in [0, 0.1) is 0 Å². The molecule has 5 N–H and O–H groups in total. The number of rotatable bonds is 6. The van der Waals surface area contributed by atoms with Crippen LogP contribution in [0.25, 0.3) is 22.2 Å². The molecule has 0 unspecified atom stereocenters. The predicted octanol–water partition coefficient (Wildman–Crippen LogP) is 6.42. The minimum Gasteiger partial charge on any atom is -0.355 e. The van der Waals surface area contributed by atoms with Crippen molar-refractivity contribution in [2.75, 3.05) is 16.0 Å². The van der Waals surface area contributed by atoms with E-state index < -0.39 is 0 Å². The van der Waals surface area contributed by atoms with Crippen molar-refractivity contribution in [1.82, 2.24) is 30.2 Å². The van der Waals surface area contributed by atoms with E-state index in [1.807, 2.05) is 73.3 Å². The van der Waals surface area contributed by atoms with Gasteiger partial charge in [-0.05, 0) is 50.2 Å². The first-order valence-electron chi connectivity index (χ1n) is 12.2. The van der Waals surface area contributed by atoms with Gasteiger partial charge < -0.3 is 10.6 Å². The number of nitrogens with zero attached hydrogens (tertiary/aromatic N) is 4. The highest BCUT2D eigenvalue weighted by Gasteiger charge is 2.22. The van der Waals surface area contributed by atoms with Crippen molar-refractivity contribution in [2.45, 2.75) is 46.1 Å². The second kappa shape index (κ2) is 9.45. The number of fused-ring (bicyclic) bond motifs is 1. The smallest absolute Gasteiger partial charge is 0.324 e. The zero-order valence-electron chi connectivity index (χ0n) is 21.5. The van der Waals surface area contributed by atoms with Gasteiger partial charge in [-0.15, -0.1) is 0 Å². The lowest BCUT2D eigenvalue weighted by Crippen LogP contribution is -2.22. The molecule has 10 heteroatoms. The molecule has 2 amide bonds. The van der Waals surface area contributed by atoms with Gasteiger partial charge in [0, 0.05) is 51.7 Å². The van der Waals surface area contributed by atoms with Crippen molar-refractivity contribution in [3.8, 4) is 11.3 Å². The fourth-order valence-corrected chi connectivity index (χ4v) is 4.07. The van der Waals surface area contributed by atoms with Crippen molar-refractivity contribution in [1.29, 1.82) is 0 Å². The number of H-pyrrole nitrogens is 2. The first-order chi connectivity index (χ1) is 17.7. The molecule has 2 aromatic carbocycles. The van der Waals surface area contributed by atoms with Gasteiger partial charge in [0.15, 0.2) is 0 Å². The molecule has 0 saturated heterocycles. The van der Waals surface area contributed by atoms with Gasteiger partial charge in [0.05, 0.1) is 17.4 Å². The maximum atomic E-state index is 12.8. The van der Waals surface area contributed by atoms with Crippen LogP contribution in [0.2, 0.25) is 0 Å². The molecule has 0 bridgehead atoms. The molecule has 3 aromatic heterocycles. The molecule has 37 heavy (non-hydrogen) atoms. The Balaban J connectivity index is 1.29. The minimum absolute atomic E-state index is 0.113. The molecule has 0 atom stereocenters. The van der Waals surface area contributed by atoms with Gasteiger partial charge in [-0.3, -0.25) is 15.5 Å². The summed E-state index contributed by atoms with van der Waals surface area (Å²) in [7, 11) is 0. The predicted molar refractivity (Wildman–Crippen MR) is 147 cm³/mol. The number of hydrogen-bond donors (Lipinski definition) is 5. The molecule has 0 saturated carbocycles. The molecule has 0 aliphatic carbocycles. The number of aromatic nitrogens is 6. The van der Waals surface area contributed by atoms with E-state index in [4.69, 9.17) is 5.10 Å². The van der Waals surface area contributed by atoms with Gasteiger partial charge in [0.1, 0.15) is 11.5 Å². The van der Waals surface area contributed by atoms with Gasteiger partial charge >= 0.3 is 6.03 Å². The van der Waals surface area contributed by atoms with Crippen molar-refractivity contribution in [2.24, 2.45) is 0 Å². The first kappa shape index (κ1) is 24.1. The number of nitrogens with one attached hydrogen (secondary N) is 5. The van der Waals surface area contributed by atoms with E-state index in [9.17, 15) is 4.79 Å². The van der Waals surface area contributed by atoms with Gasteiger partial charge in [0.25, 0.3) is 0 Å². The standard InChI is InChI=1S/C27H31N9O/c1-16(2)36-24(13-23(35-36)27(3,4)5)32-26(37)31-19-8-6-7-18(11-19)30-20-9-10-21-22(12-20)33-34-25(21)17-14-28-29-15-17/h6-16,30H,1-5H3,(H,28,29)(H,33,34)(H2,31,32,37). The largest absolute Gasteiger partial charge is 0.355 e. The molecular weight excluding hydrogens is 466 g/mol. The Morgan fingerprint density at radius 1 is 1.00 bits per heavy atom. The number of benzene rings is 2. The number of urea groups is 1. The normalized spacial score (nSPS) is 11.7. The average Bonchev–Trinajstić information content (AvgIpc) is 3.58. The van der Waals surface area contributed by atoms with Gasteiger partial charge in [0.2, 0.25) is 0 Å². The van der Waals surface area contributed by atoms with Crippen LogP contribution in [0.15, 0.2) is 60.9 Å². The van der Waals surface area contributed by atoms with Crippen LogP contribution in [0.1, 0.15) is 46.4 Å². The summed E-state index contributed by atoms with van der Waals surface area (Å²) in [6.45, 7) is 10.4. The molecule has 5 rings (SSSR count). The highest BCUT2D eigenvalue weighted by Crippen LogP contribution is 2.29. The maximum Gasteiger partial charge on any atom is 0.324 e. The molecule has 0 radical (unpaired) electrons. The van der Waals surface area contributed by atoms with Crippen molar-refractivity contribution in [3.63, 3.8) is 0 Å². The summed E-state index contributed by atoms with van der Waals surface area (Å²) in [4.78, 5) is 12.8. The number of hydrogen-bond acceptors (Lipinski definition) is 5. The van der Waals surface area contributed by atoms with E-state index in [1.165, 1.54) is 0 Å². The molecular formula is C27H31N9O. The summed E-state index contributed by atoms with van der Waals surface area (Å²) in [5.74, 6) is 0.661. The Bertz CT molecular complexity index is 1540. The number of carbonyl (C=O) groups excluding carboxylic acids is 1. The van der Waals surface area contributed by atoms with Crippen LogP contribution in [0.4, 0.5) is 27.7 Å². The molecule has 10 nitrogen and oxygen atoms in total. The van der Waals surface area contributed by atoms with E-state index in [0.29, 0.717) is 11.5 Å². The average molecular weight is 498 g/mol. The van der Waals surface area contributed by atoms with E-state index >= 15 is 0 Å². The zero-order valence-corrected chi connectivity index (χ0v) is 21.5. The summed E-state index contributed by atoms with van der Waals surface area (Å²) < 4.78 is 1.84. The van der Waals surface area contributed by atoms with Crippen LogP contribution in [0.5, 0.6) is 0 Å². The highest BCUT2D eigenvalue weighted by molar-refractivity contribution is 5.99. The molecule has 190 valence electrons. The summed E-state index contributed by atoms with van der Waals surface area (Å²) >= 11 is 0. The summed E-state index contributed by atoms with van der Waals surface area (Å²) in [6.07, 6.45) is 3.56. The Morgan fingerprint density at radius 3 is 2.51 bits per heavy atom. The highest BCUT2D eigenvalue weighted by atomic mass is 16.2. The van der Waals surface area contributed by atoms with E-state index in [-0.39, 0.29) is 17.5 Å². The summed E-state index contributed by atoms with van der Waals surface area (Å²) in [5, 5.41) is 29.3. The quantitative estimate of drug-likeness (QED) is 0.185. The lowest BCUT2D eigenvalue weighted by atomic mass is 9.92. The van der Waals surface area contributed by atoms with E-state index in [0.717, 1.165) is 39.2 Å². The third kappa shape index (κ3) is 5.18. The first-order valence-corrected chi connectivity index (χ1v) is 12.2. The van der Waals surface area contributed by atoms with Crippen LogP contribution >= 0.6 is 0 Å². The monoisotopic (exact) mass is 497 g/mol. The van der Waals surface area contributed by atoms with Crippen molar-refractivity contribution < 1.29 is 4.79 Å². The molecule has 0 aliphatic rings. The van der Waals surface area contributed by atoms with Crippen molar-refractivity contribution in [3.05, 3.63) is 66.6 Å². The molecule has 0 fully saturated rings. The van der Waals surface area contributed by atoms with Crippen molar-refractivity contribution >= 4 is 39.8 Å². The third-order valence-corrected chi connectivity index (χ3v) is 5.98. The van der Waals surface area contributed by atoms with Crippen LogP contribution < -0.4 is 16.0 Å². The topological polar surface area (TPSA) is 128 Å². The number of amides is 2. The van der Waals surface area contributed by atoms with E-state index in [2.05, 4.69) is 57.1 Å². The summed E-state index contributed by atoms with van der Waals surface area (Å²) in [5.41, 5.74) is 5.89. The third-order valence-electron chi connectivity index (χ3n) is 5.98. The fourth-order valence-electron chi connectivity index (χ4n) is 4.07. The molecule has 5 aromatic rings. The second-order valence-electron chi connectivity index (χ2n) is 10.3.